The molecule has 1 fully saturated rings. The molecule has 0 heterocycles. The molecule has 0 atom stereocenters. The molecule has 5 nitrogen and oxygen atoms in total. The van der Waals surface area contributed by atoms with Gasteiger partial charge in [-0.3, -0.25) is 0 Å². The maximum Gasteiger partial charge on any atom is 0.189 e. The molecule has 2 rings (SSSR count). The van der Waals surface area contributed by atoms with Gasteiger partial charge < -0.3 is 20.5 Å². The van der Waals surface area contributed by atoms with Crippen molar-refractivity contribution >= 4 is 5.96 Å². The number of nitrogens with one attached hydrogen (secondary N) is 1. The van der Waals surface area contributed by atoms with Crippen LogP contribution >= 0.6 is 0 Å². The monoisotopic (exact) mass is 319 g/mol. The van der Waals surface area contributed by atoms with Crippen LogP contribution in [0.4, 0.5) is 0 Å². The van der Waals surface area contributed by atoms with Crippen LogP contribution in [0.5, 0.6) is 5.75 Å². The average Bonchev–Trinajstić information content (AvgIpc) is 2.55. The second kappa shape index (κ2) is 9.40. The lowest BCUT2D eigenvalue weighted by Crippen LogP contribution is -2.41. The summed E-state index contributed by atoms with van der Waals surface area (Å²) in [5, 5.41) is 3.34. The van der Waals surface area contributed by atoms with E-state index in [0.29, 0.717) is 31.8 Å². The molecule has 0 radical (unpaired) electrons. The first-order chi connectivity index (χ1) is 11.2. The summed E-state index contributed by atoms with van der Waals surface area (Å²) in [5.41, 5.74) is 8.24. The Hall–Kier alpha value is -1.75. The first kappa shape index (κ1) is 17.6. The van der Waals surface area contributed by atoms with Crippen molar-refractivity contribution in [2.45, 2.75) is 51.6 Å². The molecule has 1 aliphatic carbocycles. The number of benzene rings is 1. The first-order valence-corrected chi connectivity index (χ1v) is 8.46. The maximum absolute atomic E-state index is 6.03. The second-order valence-electron chi connectivity index (χ2n) is 6.13. The van der Waals surface area contributed by atoms with Crippen molar-refractivity contribution < 1.29 is 9.47 Å². The molecular weight excluding hydrogens is 290 g/mol. The lowest BCUT2D eigenvalue weighted by atomic mass is 9.96. The summed E-state index contributed by atoms with van der Waals surface area (Å²) in [6.45, 7) is 3.68. The van der Waals surface area contributed by atoms with Gasteiger partial charge in [0.2, 0.25) is 0 Å². The Bertz CT molecular complexity index is 511. The van der Waals surface area contributed by atoms with Gasteiger partial charge in [0.1, 0.15) is 12.4 Å². The van der Waals surface area contributed by atoms with Crippen LogP contribution in [0, 0.1) is 6.92 Å². The van der Waals surface area contributed by atoms with E-state index in [2.05, 4.69) is 29.4 Å². The van der Waals surface area contributed by atoms with E-state index in [1.807, 2.05) is 6.07 Å². The summed E-state index contributed by atoms with van der Waals surface area (Å²) < 4.78 is 10.8. The van der Waals surface area contributed by atoms with Gasteiger partial charge in [0.05, 0.1) is 13.2 Å². The van der Waals surface area contributed by atoms with Crippen molar-refractivity contribution in [2.24, 2.45) is 10.7 Å². The third-order valence-corrected chi connectivity index (χ3v) is 4.14. The predicted octanol–water partition coefficient (Wildman–Crippen LogP) is 2.76. The van der Waals surface area contributed by atoms with E-state index < -0.39 is 0 Å². The van der Waals surface area contributed by atoms with Gasteiger partial charge >= 0.3 is 0 Å². The SMILES string of the molecule is COCCOc1cc(C)ccc1CN=C(N)NC1CCCCC1. The van der Waals surface area contributed by atoms with Crippen molar-refractivity contribution in [1.29, 1.82) is 0 Å². The summed E-state index contributed by atoms with van der Waals surface area (Å²) in [6.07, 6.45) is 6.26. The number of hydrogen-bond acceptors (Lipinski definition) is 3. The molecule has 0 unspecified atom stereocenters. The minimum atomic E-state index is 0.475. The van der Waals surface area contributed by atoms with Gasteiger partial charge in [-0.15, -0.1) is 0 Å². The fraction of sp³-hybridized carbons (Fsp3) is 0.611. The van der Waals surface area contributed by atoms with Crippen LogP contribution in [0.15, 0.2) is 23.2 Å². The second-order valence-corrected chi connectivity index (χ2v) is 6.13. The van der Waals surface area contributed by atoms with Crippen LogP contribution < -0.4 is 15.8 Å². The van der Waals surface area contributed by atoms with Crippen molar-refractivity contribution in [1.82, 2.24) is 5.32 Å². The zero-order chi connectivity index (χ0) is 16.5. The zero-order valence-corrected chi connectivity index (χ0v) is 14.3. The summed E-state index contributed by atoms with van der Waals surface area (Å²) >= 11 is 0. The fourth-order valence-electron chi connectivity index (χ4n) is 2.83. The summed E-state index contributed by atoms with van der Waals surface area (Å²) in [5.74, 6) is 1.39. The van der Waals surface area contributed by atoms with Gasteiger partial charge in [0.15, 0.2) is 5.96 Å². The molecule has 128 valence electrons. The van der Waals surface area contributed by atoms with Crippen LogP contribution in [0.2, 0.25) is 0 Å². The molecule has 0 spiro atoms. The molecule has 0 aliphatic heterocycles. The highest BCUT2D eigenvalue weighted by Gasteiger charge is 2.13. The summed E-state index contributed by atoms with van der Waals surface area (Å²) in [6, 6.07) is 6.63. The van der Waals surface area contributed by atoms with Gasteiger partial charge in [0.25, 0.3) is 0 Å². The van der Waals surface area contributed by atoms with Crippen LogP contribution in [-0.4, -0.2) is 32.3 Å². The number of hydrogen-bond donors (Lipinski definition) is 2. The molecule has 3 N–H and O–H groups in total. The number of guanidine groups is 1. The van der Waals surface area contributed by atoms with Crippen molar-refractivity contribution in [2.75, 3.05) is 20.3 Å². The summed E-state index contributed by atoms with van der Waals surface area (Å²) in [4.78, 5) is 4.48. The van der Waals surface area contributed by atoms with E-state index >= 15 is 0 Å². The Balaban J connectivity index is 1.93. The van der Waals surface area contributed by atoms with Gasteiger partial charge in [-0.1, -0.05) is 31.4 Å². The molecule has 1 aromatic carbocycles. The van der Waals surface area contributed by atoms with Gasteiger partial charge in [-0.2, -0.15) is 0 Å². The standard InChI is InChI=1S/C18H29N3O2/c1-14-8-9-15(17(12-14)23-11-10-22-2)13-20-18(19)21-16-6-4-3-5-7-16/h8-9,12,16H,3-7,10-11,13H2,1-2H3,(H3,19,20,21). The van der Waals surface area contributed by atoms with E-state index in [-0.39, 0.29) is 0 Å². The molecule has 0 aromatic heterocycles. The third kappa shape index (κ3) is 6.10. The van der Waals surface area contributed by atoms with E-state index in [0.717, 1.165) is 11.3 Å². The highest BCUT2D eigenvalue weighted by atomic mass is 16.5. The van der Waals surface area contributed by atoms with Crippen LogP contribution in [-0.2, 0) is 11.3 Å². The Labute approximate surface area is 139 Å². The van der Waals surface area contributed by atoms with E-state index in [1.54, 1.807) is 7.11 Å². The molecule has 23 heavy (non-hydrogen) atoms. The van der Waals surface area contributed by atoms with E-state index in [9.17, 15) is 0 Å². The number of nitrogens with zero attached hydrogens (tertiary/aromatic N) is 1. The van der Waals surface area contributed by atoms with Crippen LogP contribution in [0.1, 0.15) is 43.2 Å². The topological polar surface area (TPSA) is 68.9 Å². The number of methoxy groups -OCH3 is 1. The largest absolute Gasteiger partial charge is 0.491 e. The predicted molar refractivity (Wildman–Crippen MR) is 93.9 cm³/mol. The fourth-order valence-corrected chi connectivity index (χ4v) is 2.83. The van der Waals surface area contributed by atoms with Gasteiger partial charge in [-0.05, 0) is 31.4 Å². The third-order valence-electron chi connectivity index (χ3n) is 4.14. The summed E-state index contributed by atoms with van der Waals surface area (Å²) in [7, 11) is 1.67. The quantitative estimate of drug-likeness (QED) is 0.461. The van der Waals surface area contributed by atoms with Crippen molar-refractivity contribution in [3.05, 3.63) is 29.3 Å². The molecule has 5 heteroatoms. The Morgan fingerprint density at radius 1 is 1.26 bits per heavy atom. The number of aliphatic imine (C=N–C) groups is 1. The lowest BCUT2D eigenvalue weighted by molar-refractivity contribution is 0.146. The highest BCUT2D eigenvalue weighted by molar-refractivity contribution is 5.78. The van der Waals surface area contributed by atoms with Crippen molar-refractivity contribution in [3.63, 3.8) is 0 Å². The Morgan fingerprint density at radius 2 is 2.04 bits per heavy atom. The smallest absolute Gasteiger partial charge is 0.189 e. The average molecular weight is 319 g/mol. The number of nitrogens with two attached hydrogens (primary N) is 1. The molecule has 1 aliphatic rings. The van der Waals surface area contributed by atoms with Crippen molar-refractivity contribution in [3.8, 4) is 5.75 Å². The number of rotatable bonds is 7. The molecular formula is C18H29N3O2. The minimum absolute atomic E-state index is 0.475. The van der Waals surface area contributed by atoms with E-state index in [4.69, 9.17) is 15.2 Å². The van der Waals surface area contributed by atoms with Crippen LogP contribution in [0.3, 0.4) is 0 Å². The Morgan fingerprint density at radius 3 is 2.78 bits per heavy atom. The maximum atomic E-state index is 6.03. The molecule has 0 bridgehead atoms. The normalized spacial score (nSPS) is 16.3. The van der Waals surface area contributed by atoms with Gasteiger partial charge in [0, 0.05) is 18.7 Å². The molecule has 1 aromatic rings. The zero-order valence-electron chi connectivity index (χ0n) is 14.3. The van der Waals surface area contributed by atoms with E-state index in [1.165, 1.54) is 37.7 Å². The highest BCUT2D eigenvalue weighted by Crippen LogP contribution is 2.21. The molecule has 0 amide bonds. The molecule has 0 saturated heterocycles. The first-order valence-electron chi connectivity index (χ1n) is 8.46. The minimum Gasteiger partial charge on any atom is -0.491 e. The lowest BCUT2D eigenvalue weighted by Gasteiger charge is -2.23. The van der Waals surface area contributed by atoms with Gasteiger partial charge in [-0.25, -0.2) is 4.99 Å². The molecule has 1 saturated carbocycles. The number of ether oxygens (including phenoxy) is 2. The number of aryl methyl sites for hydroxylation is 1. The Kier molecular flexibility index (Phi) is 7.20. The van der Waals surface area contributed by atoms with Crippen LogP contribution in [0.25, 0.3) is 0 Å².